The van der Waals surface area contributed by atoms with Gasteiger partial charge >= 0.3 is 5.69 Å². The highest BCUT2D eigenvalue weighted by atomic mass is 35.5. The van der Waals surface area contributed by atoms with E-state index >= 15 is 0 Å². The number of aliphatic hydroxyl groups excluding tert-OH is 2. The molecule has 0 aliphatic rings. The molecule has 0 radical (unpaired) electrons. The van der Waals surface area contributed by atoms with Gasteiger partial charge in [-0.2, -0.15) is 4.98 Å². The lowest BCUT2D eigenvalue weighted by Gasteiger charge is -2.16. The molecule has 0 unspecified atom stereocenters. The molecule has 30 heavy (non-hydrogen) atoms. The molecule has 162 valence electrons. The Morgan fingerprint density at radius 3 is 2.70 bits per heavy atom. The largest absolute Gasteiger partial charge is 0.489 e. The maximum atomic E-state index is 12.4. The first-order chi connectivity index (χ1) is 14.2. The molecule has 0 saturated heterocycles. The molecule has 3 aromatic rings. The number of aliphatic hydroxyl groups is 2. The number of fused-ring (bicyclic) bond motifs is 1. The number of nitrogens with one attached hydrogen (secondary N) is 2. The summed E-state index contributed by atoms with van der Waals surface area (Å²) in [6.07, 6.45) is -1.72. The van der Waals surface area contributed by atoms with Crippen molar-refractivity contribution in [1.82, 2.24) is 19.1 Å². The summed E-state index contributed by atoms with van der Waals surface area (Å²) in [5.74, 6) is 0.574. The molecule has 0 aliphatic carbocycles. The monoisotopic (exact) mass is 457 g/mol. The molecule has 2 heterocycles. The third kappa shape index (κ3) is 4.78. The van der Waals surface area contributed by atoms with E-state index in [-0.39, 0.29) is 36.8 Å². The van der Waals surface area contributed by atoms with E-state index in [4.69, 9.17) is 27.9 Å². The van der Waals surface area contributed by atoms with Crippen LogP contribution >= 0.6 is 23.2 Å². The Labute approximate surface area is 180 Å². The van der Waals surface area contributed by atoms with Crippen molar-refractivity contribution in [2.24, 2.45) is 7.05 Å². The fourth-order valence-electron chi connectivity index (χ4n) is 2.83. The summed E-state index contributed by atoms with van der Waals surface area (Å²) in [5.41, 5.74) is -1.00. The Morgan fingerprint density at radius 2 is 2.03 bits per heavy atom. The van der Waals surface area contributed by atoms with Crippen molar-refractivity contribution in [2.45, 2.75) is 25.7 Å². The minimum atomic E-state index is -1.04. The highest BCUT2D eigenvalue weighted by Crippen LogP contribution is 2.27. The summed E-state index contributed by atoms with van der Waals surface area (Å²) in [6.45, 7) is 1.55. The number of aromatic amines is 1. The predicted molar refractivity (Wildman–Crippen MR) is 114 cm³/mol. The number of H-pyrrole nitrogens is 1. The minimum absolute atomic E-state index is 0.0643. The summed E-state index contributed by atoms with van der Waals surface area (Å²) in [6, 6.07) is 4.71. The van der Waals surface area contributed by atoms with E-state index in [1.807, 2.05) is 0 Å². The zero-order chi connectivity index (χ0) is 22.0. The Kier molecular flexibility index (Phi) is 6.71. The molecular weight excluding hydrogens is 437 g/mol. The number of aryl methyl sites for hydroxylation is 1. The molecule has 0 bridgehead atoms. The van der Waals surface area contributed by atoms with Crippen molar-refractivity contribution in [1.29, 1.82) is 0 Å². The van der Waals surface area contributed by atoms with Crippen LogP contribution in [0.3, 0.4) is 0 Å². The van der Waals surface area contributed by atoms with Crippen LogP contribution in [0.1, 0.15) is 6.92 Å². The lowest BCUT2D eigenvalue weighted by Crippen LogP contribution is -2.31. The molecule has 12 heteroatoms. The average molecular weight is 458 g/mol. The number of anilines is 1. The second kappa shape index (κ2) is 9.09. The molecule has 1 aromatic carbocycles. The number of nitrogens with zero attached hydrogens (tertiary/aromatic N) is 3. The number of halogens is 2. The SMILES string of the molecule is C[C@@H](O)CNc1nc2c(c(=O)[nH]c(=O)n2C)n1C[C@@H](O)COc1ccc(Cl)cc1Cl. The van der Waals surface area contributed by atoms with Crippen LogP contribution in [0.4, 0.5) is 5.95 Å². The van der Waals surface area contributed by atoms with E-state index in [9.17, 15) is 19.8 Å². The van der Waals surface area contributed by atoms with Crippen LogP contribution in [0.15, 0.2) is 27.8 Å². The second-order valence-electron chi connectivity index (χ2n) is 6.81. The first-order valence-electron chi connectivity index (χ1n) is 9.04. The Bertz CT molecular complexity index is 1170. The average Bonchev–Trinajstić information content (AvgIpc) is 3.02. The maximum absolute atomic E-state index is 12.4. The Hall–Kier alpha value is -2.53. The van der Waals surface area contributed by atoms with Crippen LogP contribution in [0, 0.1) is 0 Å². The van der Waals surface area contributed by atoms with Crippen LogP contribution in [-0.4, -0.2) is 54.7 Å². The number of benzene rings is 1. The summed E-state index contributed by atoms with van der Waals surface area (Å²) < 4.78 is 8.18. The predicted octanol–water partition coefficient (Wildman–Crippen LogP) is 0.963. The fourth-order valence-corrected chi connectivity index (χ4v) is 3.29. The van der Waals surface area contributed by atoms with Gasteiger partial charge in [-0.05, 0) is 25.1 Å². The number of hydrogen-bond donors (Lipinski definition) is 4. The van der Waals surface area contributed by atoms with Crippen molar-refractivity contribution in [3.63, 3.8) is 0 Å². The summed E-state index contributed by atoms with van der Waals surface area (Å²) in [5, 5.41) is 23.7. The first-order valence-corrected chi connectivity index (χ1v) is 9.80. The first kappa shape index (κ1) is 22.2. The number of rotatable bonds is 8. The van der Waals surface area contributed by atoms with Crippen LogP contribution in [0.25, 0.3) is 11.2 Å². The molecule has 0 fully saturated rings. The van der Waals surface area contributed by atoms with Gasteiger partial charge in [-0.1, -0.05) is 23.2 Å². The number of aromatic nitrogens is 4. The van der Waals surface area contributed by atoms with Gasteiger partial charge in [0.25, 0.3) is 5.56 Å². The molecule has 2 aromatic heterocycles. The van der Waals surface area contributed by atoms with Gasteiger partial charge in [0.15, 0.2) is 11.2 Å². The van der Waals surface area contributed by atoms with Crippen molar-refractivity contribution in [2.75, 3.05) is 18.5 Å². The summed E-state index contributed by atoms with van der Waals surface area (Å²) >= 11 is 11.9. The minimum Gasteiger partial charge on any atom is -0.489 e. The molecule has 0 amide bonds. The number of imidazole rings is 1. The van der Waals surface area contributed by atoms with E-state index in [2.05, 4.69) is 15.3 Å². The normalized spacial score (nSPS) is 13.4. The summed E-state index contributed by atoms with van der Waals surface area (Å²) in [7, 11) is 1.47. The fraction of sp³-hybridized carbons (Fsp3) is 0.389. The quantitative estimate of drug-likeness (QED) is 0.395. The van der Waals surface area contributed by atoms with Gasteiger partial charge < -0.3 is 24.8 Å². The zero-order valence-electron chi connectivity index (χ0n) is 16.2. The summed E-state index contributed by atoms with van der Waals surface area (Å²) in [4.78, 5) is 30.8. The number of ether oxygens (including phenoxy) is 1. The van der Waals surface area contributed by atoms with Crippen molar-refractivity contribution < 1.29 is 14.9 Å². The smallest absolute Gasteiger partial charge is 0.329 e. The van der Waals surface area contributed by atoms with Gasteiger partial charge in [0, 0.05) is 18.6 Å². The van der Waals surface area contributed by atoms with Gasteiger partial charge in [0.2, 0.25) is 5.95 Å². The lowest BCUT2D eigenvalue weighted by molar-refractivity contribution is 0.0938. The molecule has 4 N–H and O–H groups in total. The standard InChI is InChI=1S/C18H21Cl2N5O5/c1-9(26)6-21-17-22-15-14(16(28)23-18(29)24(15)2)25(17)7-11(27)8-30-13-4-3-10(19)5-12(13)20/h3-5,9,11,26-27H,6-8H2,1-2H3,(H,21,22)(H,23,28,29)/t9-,11-/m1/s1. The van der Waals surface area contributed by atoms with Gasteiger partial charge in [0.05, 0.1) is 17.7 Å². The van der Waals surface area contributed by atoms with Crippen molar-refractivity contribution in [3.8, 4) is 5.75 Å². The third-order valence-corrected chi connectivity index (χ3v) is 4.81. The topological polar surface area (TPSA) is 134 Å². The van der Waals surface area contributed by atoms with E-state index in [0.717, 1.165) is 0 Å². The van der Waals surface area contributed by atoms with E-state index in [1.165, 1.54) is 22.2 Å². The van der Waals surface area contributed by atoms with Gasteiger partial charge in [0.1, 0.15) is 18.5 Å². The molecule has 0 saturated carbocycles. The third-order valence-electron chi connectivity index (χ3n) is 4.28. The Morgan fingerprint density at radius 1 is 1.30 bits per heavy atom. The molecular formula is C18H21Cl2N5O5. The lowest BCUT2D eigenvalue weighted by atomic mass is 10.3. The van der Waals surface area contributed by atoms with E-state index < -0.39 is 23.5 Å². The highest BCUT2D eigenvalue weighted by Gasteiger charge is 2.20. The molecule has 2 atom stereocenters. The Balaban J connectivity index is 1.89. The van der Waals surface area contributed by atoms with Crippen molar-refractivity contribution >= 4 is 40.3 Å². The second-order valence-corrected chi connectivity index (χ2v) is 7.65. The van der Waals surface area contributed by atoms with Crippen LogP contribution in [0.2, 0.25) is 10.0 Å². The highest BCUT2D eigenvalue weighted by molar-refractivity contribution is 6.35. The van der Waals surface area contributed by atoms with E-state index in [0.29, 0.717) is 15.8 Å². The van der Waals surface area contributed by atoms with Gasteiger partial charge in [-0.15, -0.1) is 0 Å². The zero-order valence-corrected chi connectivity index (χ0v) is 17.7. The van der Waals surface area contributed by atoms with Crippen LogP contribution < -0.4 is 21.3 Å². The molecule has 0 spiro atoms. The van der Waals surface area contributed by atoms with E-state index in [1.54, 1.807) is 19.1 Å². The maximum Gasteiger partial charge on any atom is 0.329 e. The number of hydrogen-bond acceptors (Lipinski definition) is 7. The van der Waals surface area contributed by atoms with Gasteiger partial charge in [-0.25, -0.2) is 4.79 Å². The van der Waals surface area contributed by atoms with Crippen LogP contribution in [-0.2, 0) is 13.6 Å². The molecule has 3 rings (SSSR count). The molecule has 10 nitrogen and oxygen atoms in total. The van der Waals surface area contributed by atoms with Gasteiger partial charge in [-0.3, -0.25) is 14.3 Å². The van der Waals surface area contributed by atoms with Crippen LogP contribution in [0.5, 0.6) is 5.75 Å². The molecule has 0 aliphatic heterocycles. The van der Waals surface area contributed by atoms with Crippen molar-refractivity contribution in [3.05, 3.63) is 49.1 Å².